The van der Waals surface area contributed by atoms with Crippen LogP contribution in [0.1, 0.15) is 5.69 Å². The Morgan fingerprint density at radius 1 is 1.50 bits per heavy atom. The minimum atomic E-state index is -0.911. The molecular formula is C11H11ClN4O2. The van der Waals surface area contributed by atoms with Crippen molar-refractivity contribution in [1.82, 2.24) is 14.8 Å². The summed E-state index contributed by atoms with van der Waals surface area (Å²) in [5, 5.41) is 4.49. The Morgan fingerprint density at radius 2 is 2.22 bits per heavy atom. The monoisotopic (exact) mass is 266 g/mol. The molecule has 94 valence electrons. The summed E-state index contributed by atoms with van der Waals surface area (Å²) in [5.41, 5.74) is 7.16. The summed E-state index contributed by atoms with van der Waals surface area (Å²) in [6, 6.07) is 3.27. The van der Waals surface area contributed by atoms with E-state index in [0.29, 0.717) is 11.3 Å². The normalized spacial score (nSPS) is 10.4. The Balaban J connectivity index is 2.52. The Morgan fingerprint density at radius 3 is 2.78 bits per heavy atom. The van der Waals surface area contributed by atoms with Crippen molar-refractivity contribution in [1.29, 1.82) is 0 Å². The van der Waals surface area contributed by atoms with Gasteiger partial charge in [-0.1, -0.05) is 11.6 Å². The number of amides is 1. The summed E-state index contributed by atoms with van der Waals surface area (Å²) in [6.07, 6.45) is 0.578. The predicted molar refractivity (Wildman–Crippen MR) is 66.4 cm³/mol. The lowest BCUT2D eigenvalue weighted by Crippen LogP contribution is -2.16. The van der Waals surface area contributed by atoms with E-state index in [1.54, 1.807) is 4.68 Å². The van der Waals surface area contributed by atoms with Crippen LogP contribution < -0.4 is 10.5 Å². The molecule has 0 fully saturated rings. The third kappa shape index (κ3) is 2.43. The van der Waals surface area contributed by atoms with E-state index in [4.69, 9.17) is 22.1 Å². The van der Waals surface area contributed by atoms with Crippen LogP contribution in [0.15, 0.2) is 18.3 Å². The van der Waals surface area contributed by atoms with Crippen molar-refractivity contribution in [3.63, 3.8) is 0 Å². The molecule has 0 saturated heterocycles. The van der Waals surface area contributed by atoms with Crippen molar-refractivity contribution in [2.24, 2.45) is 12.8 Å². The molecule has 7 heteroatoms. The fourth-order valence-electron chi connectivity index (χ4n) is 1.49. The first-order valence-corrected chi connectivity index (χ1v) is 5.49. The molecule has 0 aliphatic heterocycles. The number of pyridine rings is 1. The summed E-state index contributed by atoms with van der Waals surface area (Å²) in [6.45, 7) is 1.91. The number of aromatic nitrogens is 3. The first kappa shape index (κ1) is 12.4. The zero-order valence-electron chi connectivity index (χ0n) is 9.85. The van der Waals surface area contributed by atoms with Crippen molar-refractivity contribution in [2.75, 3.05) is 0 Å². The van der Waals surface area contributed by atoms with Crippen molar-refractivity contribution in [3.05, 3.63) is 29.2 Å². The highest BCUT2D eigenvalue weighted by Gasteiger charge is 2.14. The zero-order valence-corrected chi connectivity index (χ0v) is 10.6. The third-order valence-corrected chi connectivity index (χ3v) is 2.64. The van der Waals surface area contributed by atoms with Crippen molar-refractivity contribution in [2.45, 2.75) is 6.92 Å². The highest BCUT2D eigenvalue weighted by Crippen LogP contribution is 2.30. The second-order valence-corrected chi connectivity index (χ2v) is 4.11. The number of aryl methyl sites for hydroxylation is 2. The molecule has 2 heterocycles. The minimum absolute atomic E-state index is 0.211. The van der Waals surface area contributed by atoms with Gasteiger partial charge in [-0.2, -0.15) is 5.10 Å². The molecule has 0 bridgehead atoms. The van der Waals surface area contributed by atoms with E-state index in [1.165, 1.54) is 12.3 Å². The van der Waals surface area contributed by atoms with Crippen LogP contribution in [-0.2, 0) is 7.05 Å². The summed E-state index contributed by atoms with van der Waals surface area (Å²) in [7, 11) is 1.82. The van der Waals surface area contributed by atoms with Gasteiger partial charge in [-0.15, -0.1) is 0 Å². The number of carbonyl (C=O) groups is 1. The first-order chi connectivity index (χ1) is 8.47. The molecule has 2 rings (SSSR count). The van der Waals surface area contributed by atoms with Crippen LogP contribution in [-0.4, -0.2) is 20.9 Å². The topological polar surface area (TPSA) is 83.0 Å². The maximum Gasteiger partial charge on any atom is 0.409 e. The predicted octanol–water partition coefficient (Wildman–Crippen LogP) is 1.90. The fraction of sp³-hybridized carbons (Fsp3) is 0.182. The van der Waals surface area contributed by atoms with Gasteiger partial charge in [0.05, 0.1) is 11.3 Å². The SMILES string of the molecule is Cc1cc(-c2cnc(Cl)cc2OC(N)=O)nn1C. The number of hydrogen-bond donors (Lipinski definition) is 1. The molecule has 2 N–H and O–H groups in total. The minimum Gasteiger partial charge on any atom is -0.410 e. The van der Waals surface area contributed by atoms with Crippen LogP contribution in [0.3, 0.4) is 0 Å². The van der Waals surface area contributed by atoms with E-state index in [9.17, 15) is 4.79 Å². The molecule has 0 unspecified atom stereocenters. The standard InChI is InChI=1S/C11H11ClN4O2/c1-6-3-8(15-16(6)2)7-5-14-10(12)4-9(7)18-11(13)17/h3-5H,1-2H3,(H2,13,17). The lowest BCUT2D eigenvalue weighted by Gasteiger charge is -2.06. The molecule has 18 heavy (non-hydrogen) atoms. The Kier molecular flexibility index (Phi) is 3.20. The van der Waals surface area contributed by atoms with Crippen molar-refractivity contribution in [3.8, 4) is 17.0 Å². The molecule has 0 aliphatic carbocycles. The van der Waals surface area contributed by atoms with Gasteiger partial charge < -0.3 is 10.5 Å². The molecular weight excluding hydrogens is 256 g/mol. The van der Waals surface area contributed by atoms with Crippen LogP contribution in [0.25, 0.3) is 11.3 Å². The zero-order chi connectivity index (χ0) is 13.3. The summed E-state index contributed by atoms with van der Waals surface area (Å²) < 4.78 is 6.60. The molecule has 2 aromatic rings. The molecule has 0 aliphatic rings. The van der Waals surface area contributed by atoms with Gasteiger partial charge in [0.2, 0.25) is 0 Å². The fourth-order valence-corrected chi connectivity index (χ4v) is 1.64. The Labute approximate surface area is 108 Å². The van der Waals surface area contributed by atoms with Gasteiger partial charge in [-0.25, -0.2) is 9.78 Å². The van der Waals surface area contributed by atoms with E-state index in [-0.39, 0.29) is 10.9 Å². The quantitative estimate of drug-likeness (QED) is 0.842. The average Bonchev–Trinajstić information content (AvgIpc) is 2.58. The van der Waals surface area contributed by atoms with Gasteiger partial charge in [-0.3, -0.25) is 4.68 Å². The van der Waals surface area contributed by atoms with Gasteiger partial charge in [0.15, 0.2) is 0 Å². The average molecular weight is 267 g/mol. The van der Waals surface area contributed by atoms with Crippen molar-refractivity contribution < 1.29 is 9.53 Å². The van der Waals surface area contributed by atoms with Crippen LogP contribution in [0.2, 0.25) is 5.15 Å². The molecule has 0 spiro atoms. The van der Waals surface area contributed by atoms with E-state index in [0.717, 1.165) is 5.69 Å². The first-order valence-electron chi connectivity index (χ1n) is 5.11. The van der Waals surface area contributed by atoms with Crippen LogP contribution in [0.5, 0.6) is 5.75 Å². The van der Waals surface area contributed by atoms with Gasteiger partial charge in [0.25, 0.3) is 0 Å². The number of nitrogens with zero attached hydrogens (tertiary/aromatic N) is 3. The number of ether oxygens (including phenoxy) is 1. The van der Waals surface area contributed by atoms with E-state index in [1.807, 2.05) is 20.0 Å². The van der Waals surface area contributed by atoms with Crippen LogP contribution in [0, 0.1) is 6.92 Å². The maximum atomic E-state index is 10.8. The number of hydrogen-bond acceptors (Lipinski definition) is 4. The number of nitrogens with two attached hydrogens (primary N) is 1. The second-order valence-electron chi connectivity index (χ2n) is 3.72. The van der Waals surface area contributed by atoms with Crippen molar-refractivity contribution >= 4 is 17.7 Å². The van der Waals surface area contributed by atoms with Crippen LogP contribution >= 0.6 is 11.6 Å². The summed E-state index contributed by atoms with van der Waals surface area (Å²) >= 11 is 5.76. The van der Waals surface area contributed by atoms with E-state index >= 15 is 0 Å². The summed E-state index contributed by atoms with van der Waals surface area (Å²) in [5.74, 6) is 0.237. The molecule has 6 nitrogen and oxygen atoms in total. The second kappa shape index (κ2) is 4.66. The number of primary amides is 1. The maximum absolute atomic E-state index is 10.8. The highest BCUT2D eigenvalue weighted by atomic mass is 35.5. The molecule has 0 atom stereocenters. The van der Waals surface area contributed by atoms with Gasteiger partial charge in [0, 0.05) is 25.0 Å². The third-order valence-electron chi connectivity index (χ3n) is 2.43. The Hall–Kier alpha value is -2.08. The lowest BCUT2D eigenvalue weighted by molar-refractivity contribution is 0.211. The summed E-state index contributed by atoms with van der Waals surface area (Å²) in [4.78, 5) is 14.8. The number of rotatable bonds is 2. The molecule has 0 saturated carbocycles. The number of halogens is 1. The Bertz CT molecular complexity index is 590. The van der Waals surface area contributed by atoms with Crippen LogP contribution in [0.4, 0.5) is 4.79 Å². The van der Waals surface area contributed by atoms with E-state index in [2.05, 4.69) is 10.1 Å². The van der Waals surface area contributed by atoms with Gasteiger partial charge in [-0.05, 0) is 13.0 Å². The molecule has 1 amide bonds. The lowest BCUT2D eigenvalue weighted by atomic mass is 10.2. The smallest absolute Gasteiger partial charge is 0.409 e. The molecule has 2 aromatic heterocycles. The molecule has 0 radical (unpaired) electrons. The van der Waals surface area contributed by atoms with E-state index < -0.39 is 6.09 Å². The van der Waals surface area contributed by atoms with Gasteiger partial charge in [0.1, 0.15) is 10.9 Å². The highest BCUT2D eigenvalue weighted by molar-refractivity contribution is 6.29. The largest absolute Gasteiger partial charge is 0.410 e. The molecule has 0 aromatic carbocycles. The number of carbonyl (C=O) groups excluding carboxylic acids is 1. The van der Waals surface area contributed by atoms with Gasteiger partial charge >= 0.3 is 6.09 Å².